The zero-order valence-electron chi connectivity index (χ0n) is 12.8. The van der Waals surface area contributed by atoms with Crippen molar-refractivity contribution in [2.75, 3.05) is 44.1 Å². The van der Waals surface area contributed by atoms with Crippen molar-refractivity contribution in [3.05, 3.63) is 11.9 Å². The summed E-state index contributed by atoms with van der Waals surface area (Å²) >= 11 is 0. The van der Waals surface area contributed by atoms with Gasteiger partial charge < -0.3 is 15.2 Å². The van der Waals surface area contributed by atoms with E-state index in [0.717, 1.165) is 37.7 Å². The molecule has 1 aliphatic carbocycles. The lowest BCUT2D eigenvalue weighted by Gasteiger charge is -2.25. The summed E-state index contributed by atoms with van der Waals surface area (Å²) in [5, 5.41) is 0. The molecule has 20 heavy (non-hydrogen) atoms. The Morgan fingerprint density at radius 3 is 2.55 bits per heavy atom. The molecule has 6 nitrogen and oxygen atoms in total. The summed E-state index contributed by atoms with van der Waals surface area (Å²) in [5.74, 6) is 8.69. The highest BCUT2D eigenvalue weighted by molar-refractivity contribution is 5.49. The summed E-state index contributed by atoms with van der Waals surface area (Å²) in [6.45, 7) is 5.16. The molecule has 2 rings (SSSR count). The van der Waals surface area contributed by atoms with Crippen molar-refractivity contribution in [3.8, 4) is 0 Å². The molecule has 1 aromatic heterocycles. The summed E-state index contributed by atoms with van der Waals surface area (Å²) in [4.78, 5) is 13.7. The van der Waals surface area contributed by atoms with Gasteiger partial charge in [0.05, 0.1) is 0 Å². The van der Waals surface area contributed by atoms with Crippen LogP contribution in [0.15, 0.2) is 6.07 Å². The van der Waals surface area contributed by atoms with Gasteiger partial charge in [0.1, 0.15) is 17.5 Å². The van der Waals surface area contributed by atoms with E-state index in [1.54, 1.807) is 0 Å². The van der Waals surface area contributed by atoms with Gasteiger partial charge in [-0.1, -0.05) is 6.92 Å². The highest BCUT2D eigenvalue weighted by Crippen LogP contribution is 2.39. The topological polar surface area (TPSA) is 70.3 Å². The smallest absolute Gasteiger partial charge is 0.145 e. The SMILES string of the molecule is CCCN(CCN(C)C)c1cc(NN)nc(C2CC2)n1. The number of nitrogens with zero attached hydrogens (tertiary/aromatic N) is 4. The summed E-state index contributed by atoms with van der Waals surface area (Å²) < 4.78 is 0. The third kappa shape index (κ3) is 4.05. The number of anilines is 2. The highest BCUT2D eigenvalue weighted by atomic mass is 15.3. The van der Waals surface area contributed by atoms with Crippen LogP contribution in [0.1, 0.15) is 37.9 Å². The van der Waals surface area contributed by atoms with Crippen LogP contribution in [-0.2, 0) is 0 Å². The number of hydrogen-bond acceptors (Lipinski definition) is 6. The third-order valence-electron chi connectivity index (χ3n) is 3.45. The van der Waals surface area contributed by atoms with Crippen LogP contribution in [0.5, 0.6) is 0 Å². The van der Waals surface area contributed by atoms with Gasteiger partial charge in [-0.3, -0.25) is 0 Å². The lowest BCUT2D eigenvalue weighted by atomic mass is 10.3. The van der Waals surface area contributed by atoms with Gasteiger partial charge in [0.15, 0.2) is 0 Å². The number of nitrogens with two attached hydrogens (primary N) is 1. The summed E-state index contributed by atoms with van der Waals surface area (Å²) in [7, 11) is 4.18. The number of nitrogens with one attached hydrogen (secondary N) is 1. The molecule has 1 heterocycles. The lowest BCUT2D eigenvalue weighted by Crippen LogP contribution is -2.33. The molecule has 3 N–H and O–H groups in total. The van der Waals surface area contributed by atoms with Gasteiger partial charge >= 0.3 is 0 Å². The Bertz CT molecular complexity index is 430. The molecule has 0 aliphatic heterocycles. The predicted molar refractivity (Wildman–Crippen MR) is 82.9 cm³/mol. The fourth-order valence-corrected chi connectivity index (χ4v) is 2.14. The maximum absolute atomic E-state index is 5.54. The van der Waals surface area contributed by atoms with Gasteiger partial charge in [-0.2, -0.15) is 0 Å². The van der Waals surface area contributed by atoms with Crippen LogP contribution in [0.3, 0.4) is 0 Å². The minimum absolute atomic E-state index is 0.527. The largest absolute Gasteiger partial charge is 0.355 e. The molecule has 1 aliphatic rings. The monoisotopic (exact) mass is 278 g/mol. The lowest BCUT2D eigenvalue weighted by molar-refractivity contribution is 0.412. The van der Waals surface area contributed by atoms with E-state index in [9.17, 15) is 0 Å². The Balaban J connectivity index is 2.19. The molecule has 6 heteroatoms. The summed E-state index contributed by atoms with van der Waals surface area (Å²) in [6.07, 6.45) is 3.49. The first kappa shape index (κ1) is 15.0. The summed E-state index contributed by atoms with van der Waals surface area (Å²) in [6, 6.07) is 1.94. The van der Waals surface area contributed by atoms with Crippen LogP contribution in [-0.4, -0.2) is 48.6 Å². The second-order valence-corrected chi connectivity index (χ2v) is 5.68. The Kier molecular flexibility index (Phi) is 5.14. The highest BCUT2D eigenvalue weighted by Gasteiger charge is 2.27. The van der Waals surface area contributed by atoms with E-state index in [1.807, 2.05) is 6.07 Å². The van der Waals surface area contributed by atoms with E-state index in [0.29, 0.717) is 11.7 Å². The minimum Gasteiger partial charge on any atom is -0.355 e. The second-order valence-electron chi connectivity index (χ2n) is 5.68. The molecule has 0 amide bonds. The van der Waals surface area contributed by atoms with Crippen LogP contribution >= 0.6 is 0 Å². The van der Waals surface area contributed by atoms with Crippen molar-refractivity contribution in [2.45, 2.75) is 32.1 Å². The van der Waals surface area contributed by atoms with Crippen LogP contribution in [0.4, 0.5) is 11.6 Å². The molecule has 0 spiro atoms. The third-order valence-corrected chi connectivity index (χ3v) is 3.45. The Labute approximate surface area is 121 Å². The number of hydrazine groups is 1. The number of aromatic nitrogens is 2. The first-order valence-electron chi connectivity index (χ1n) is 7.39. The van der Waals surface area contributed by atoms with Crippen molar-refractivity contribution in [3.63, 3.8) is 0 Å². The maximum Gasteiger partial charge on any atom is 0.145 e. The predicted octanol–water partition coefficient (Wildman–Crippen LogP) is 1.42. The Morgan fingerprint density at radius 1 is 1.25 bits per heavy atom. The first-order chi connectivity index (χ1) is 9.63. The van der Waals surface area contributed by atoms with E-state index in [4.69, 9.17) is 10.8 Å². The van der Waals surface area contributed by atoms with Gasteiger partial charge in [-0.25, -0.2) is 15.8 Å². The molecule has 0 atom stereocenters. The van der Waals surface area contributed by atoms with Crippen LogP contribution in [0.25, 0.3) is 0 Å². The number of likely N-dealkylation sites (N-methyl/N-ethyl adjacent to an activating group) is 1. The standard InChI is InChI=1S/C14H26N6/c1-4-7-20(9-8-19(2)3)13-10-12(18-15)16-14(17-13)11-5-6-11/h10-11H,4-9,15H2,1-3H3,(H,16,17,18). The molecule has 1 aromatic rings. The van der Waals surface area contributed by atoms with Crippen molar-refractivity contribution < 1.29 is 0 Å². The van der Waals surface area contributed by atoms with Crippen LogP contribution in [0, 0.1) is 0 Å². The Morgan fingerprint density at radius 2 is 2.00 bits per heavy atom. The fraction of sp³-hybridized carbons (Fsp3) is 0.714. The van der Waals surface area contributed by atoms with E-state index in [-0.39, 0.29) is 0 Å². The van der Waals surface area contributed by atoms with E-state index >= 15 is 0 Å². The quantitative estimate of drug-likeness (QED) is 0.553. The number of rotatable bonds is 8. The van der Waals surface area contributed by atoms with Crippen molar-refractivity contribution in [2.24, 2.45) is 5.84 Å². The molecule has 0 saturated heterocycles. The van der Waals surface area contributed by atoms with E-state index in [2.05, 4.69) is 41.2 Å². The summed E-state index contributed by atoms with van der Waals surface area (Å²) in [5.41, 5.74) is 2.66. The molecule has 0 aromatic carbocycles. The van der Waals surface area contributed by atoms with Crippen LogP contribution in [0.2, 0.25) is 0 Å². The van der Waals surface area contributed by atoms with Crippen molar-refractivity contribution >= 4 is 11.6 Å². The van der Waals surface area contributed by atoms with Gasteiger partial charge in [-0.05, 0) is 33.4 Å². The molecule has 0 radical (unpaired) electrons. The normalized spacial score (nSPS) is 14.7. The molecule has 112 valence electrons. The van der Waals surface area contributed by atoms with Gasteiger partial charge in [0.2, 0.25) is 0 Å². The number of nitrogen functional groups attached to an aromatic ring is 1. The van der Waals surface area contributed by atoms with Gasteiger partial charge in [0, 0.05) is 31.6 Å². The molecular weight excluding hydrogens is 252 g/mol. The van der Waals surface area contributed by atoms with Gasteiger partial charge in [-0.15, -0.1) is 0 Å². The second kappa shape index (κ2) is 6.85. The van der Waals surface area contributed by atoms with Crippen molar-refractivity contribution in [1.82, 2.24) is 14.9 Å². The van der Waals surface area contributed by atoms with E-state index in [1.165, 1.54) is 12.8 Å². The maximum atomic E-state index is 5.54. The number of hydrogen-bond donors (Lipinski definition) is 2. The molecule has 1 saturated carbocycles. The first-order valence-corrected chi connectivity index (χ1v) is 7.39. The zero-order chi connectivity index (χ0) is 14.5. The molecule has 1 fully saturated rings. The molecular formula is C14H26N6. The molecule has 0 unspecified atom stereocenters. The van der Waals surface area contributed by atoms with Crippen molar-refractivity contribution in [1.29, 1.82) is 0 Å². The minimum atomic E-state index is 0.527. The van der Waals surface area contributed by atoms with Gasteiger partial charge in [0.25, 0.3) is 0 Å². The zero-order valence-corrected chi connectivity index (χ0v) is 12.8. The van der Waals surface area contributed by atoms with Crippen LogP contribution < -0.4 is 16.2 Å². The molecule has 0 bridgehead atoms. The average molecular weight is 278 g/mol. The Hall–Kier alpha value is -1.40. The fourth-order valence-electron chi connectivity index (χ4n) is 2.14. The van der Waals surface area contributed by atoms with E-state index < -0.39 is 0 Å². The average Bonchev–Trinajstić information content (AvgIpc) is 3.27.